The van der Waals surface area contributed by atoms with Gasteiger partial charge in [0.15, 0.2) is 0 Å². The summed E-state index contributed by atoms with van der Waals surface area (Å²) in [5, 5.41) is 0.415. The molecule has 2 nitrogen and oxygen atoms in total. The Morgan fingerprint density at radius 1 is 1.38 bits per heavy atom. The molecule has 0 amide bonds. The van der Waals surface area contributed by atoms with Crippen molar-refractivity contribution in [3.63, 3.8) is 0 Å². The molecule has 1 aromatic carbocycles. The minimum Gasteiger partial charge on any atom is -0.194 e. The van der Waals surface area contributed by atoms with Gasteiger partial charge in [0.1, 0.15) is 5.75 Å². The van der Waals surface area contributed by atoms with Gasteiger partial charge in [-0.1, -0.05) is 17.7 Å². The molecule has 0 spiro atoms. The first kappa shape index (κ1) is 10.5. The molecule has 0 fully saturated rings. The van der Waals surface area contributed by atoms with Crippen LogP contribution in [-0.2, 0) is 16.0 Å². The summed E-state index contributed by atoms with van der Waals surface area (Å²) in [4.78, 5) is 0. The van der Waals surface area contributed by atoms with E-state index < -0.39 is 16.0 Å². The van der Waals surface area contributed by atoms with Gasteiger partial charge >= 0.3 is 10.2 Å². The molecular weight excluding hydrogens is 215 g/mol. The van der Waals surface area contributed by atoms with Crippen molar-refractivity contribution in [2.45, 2.75) is 12.7 Å². The Hall–Kier alpha value is -0.610. The molecule has 0 bridgehead atoms. The fourth-order valence-electron chi connectivity index (χ4n) is 1.09. The topological polar surface area (TPSA) is 34.1 Å². The number of aryl methyl sites for hydroxylation is 1. The van der Waals surface area contributed by atoms with Crippen LogP contribution in [0.1, 0.15) is 11.1 Å². The third-order valence-corrected chi connectivity index (χ3v) is 2.34. The fraction of sp³-hybridized carbons (Fsp3) is 0.250. The largest absolute Gasteiger partial charge is 0.306 e. The average molecular weight is 223 g/mol. The maximum absolute atomic E-state index is 12.3. The van der Waals surface area contributed by atoms with Gasteiger partial charge in [-0.3, -0.25) is 0 Å². The number of rotatable bonds is 2. The second-order valence-corrected chi connectivity index (χ2v) is 4.62. The highest BCUT2D eigenvalue weighted by Gasteiger charge is 2.09. The molecule has 1 aromatic rings. The Bertz CT molecular complexity index is 394. The smallest absolute Gasteiger partial charge is 0.194 e. The zero-order valence-corrected chi connectivity index (χ0v) is 8.49. The normalized spacial score (nSPS) is 11.6. The second kappa shape index (κ2) is 3.64. The van der Waals surface area contributed by atoms with E-state index in [1.54, 1.807) is 19.1 Å². The lowest BCUT2D eigenvalue weighted by Gasteiger charge is -2.00. The fourth-order valence-corrected chi connectivity index (χ4v) is 1.97. The highest BCUT2D eigenvalue weighted by Crippen LogP contribution is 2.16. The van der Waals surface area contributed by atoms with Crippen molar-refractivity contribution >= 4 is 21.8 Å². The Balaban J connectivity index is 3.03. The molecule has 0 aliphatic rings. The van der Waals surface area contributed by atoms with Gasteiger partial charge in [0.25, 0.3) is 0 Å². The molecule has 0 N–H and O–H groups in total. The van der Waals surface area contributed by atoms with Gasteiger partial charge in [0, 0.05) is 5.02 Å². The Kier molecular flexibility index (Phi) is 2.93. The summed E-state index contributed by atoms with van der Waals surface area (Å²) < 4.78 is 32.9. The Morgan fingerprint density at radius 3 is 2.46 bits per heavy atom. The van der Waals surface area contributed by atoms with Gasteiger partial charge in [-0.15, -0.1) is 3.89 Å². The molecule has 0 unspecified atom stereocenters. The van der Waals surface area contributed by atoms with Crippen LogP contribution in [0, 0.1) is 6.92 Å². The average Bonchev–Trinajstić information content (AvgIpc) is 1.78. The molecule has 0 atom stereocenters. The van der Waals surface area contributed by atoms with Crippen LogP contribution in [0.5, 0.6) is 0 Å². The van der Waals surface area contributed by atoms with E-state index in [4.69, 9.17) is 11.6 Å². The molecule has 0 heterocycles. The zero-order chi connectivity index (χ0) is 10.1. The van der Waals surface area contributed by atoms with E-state index in [2.05, 4.69) is 0 Å². The minimum absolute atomic E-state index is 0.368. The SMILES string of the molecule is Cc1cc(Cl)cc(CS(=O)(=O)F)c1. The Labute approximate surface area is 81.6 Å². The molecule has 0 aromatic heterocycles. The minimum atomic E-state index is -4.47. The number of hydrogen-bond donors (Lipinski definition) is 0. The molecule has 1 rings (SSSR count). The highest BCUT2D eigenvalue weighted by atomic mass is 35.5. The molecule has 13 heavy (non-hydrogen) atoms. The summed E-state index contributed by atoms with van der Waals surface area (Å²) in [6, 6.07) is 4.70. The van der Waals surface area contributed by atoms with Crippen LogP contribution in [-0.4, -0.2) is 8.42 Å². The van der Waals surface area contributed by atoms with E-state index in [-0.39, 0.29) is 0 Å². The van der Waals surface area contributed by atoms with E-state index in [0.717, 1.165) is 5.56 Å². The lowest BCUT2D eigenvalue weighted by atomic mass is 10.2. The first-order valence-electron chi connectivity index (χ1n) is 3.55. The highest BCUT2D eigenvalue weighted by molar-refractivity contribution is 7.85. The van der Waals surface area contributed by atoms with E-state index in [0.29, 0.717) is 10.6 Å². The zero-order valence-electron chi connectivity index (χ0n) is 6.92. The number of halogens is 2. The number of benzene rings is 1. The van der Waals surface area contributed by atoms with Crippen molar-refractivity contribution in [1.29, 1.82) is 0 Å². The van der Waals surface area contributed by atoms with Crippen LogP contribution in [0.4, 0.5) is 3.89 Å². The van der Waals surface area contributed by atoms with Crippen molar-refractivity contribution in [2.24, 2.45) is 0 Å². The van der Waals surface area contributed by atoms with Gasteiger partial charge < -0.3 is 0 Å². The maximum atomic E-state index is 12.3. The maximum Gasteiger partial charge on any atom is 0.306 e. The molecular formula is C8H8ClFO2S. The van der Waals surface area contributed by atoms with Crippen LogP contribution in [0.2, 0.25) is 5.02 Å². The molecule has 0 saturated heterocycles. The van der Waals surface area contributed by atoms with Crippen molar-refractivity contribution in [3.05, 3.63) is 34.3 Å². The predicted molar refractivity (Wildman–Crippen MR) is 49.9 cm³/mol. The molecule has 5 heteroatoms. The van der Waals surface area contributed by atoms with Gasteiger partial charge in [-0.2, -0.15) is 8.42 Å². The van der Waals surface area contributed by atoms with Crippen molar-refractivity contribution in [3.8, 4) is 0 Å². The summed E-state index contributed by atoms with van der Waals surface area (Å²) in [5.74, 6) is -0.617. The standard InChI is InChI=1S/C8H8ClFO2S/c1-6-2-7(4-8(9)3-6)5-13(10,11)12/h2-4H,5H2,1H3. The van der Waals surface area contributed by atoms with E-state index in [1.807, 2.05) is 0 Å². The molecule has 72 valence electrons. The summed E-state index contributed by atoms with van der Waals surface area (Å²) in [6.45, 7) is 1.76. The van der Waals surface area contributed by atoms with Crippen molar-refractivity contribution in [2.75, 3.05) is 0 Å². The van der Waals surface area contributed by atoms with Crippen LogP contribution < -0.4 is 0 Å². The van der Waals surface area contributed by atoms with Gasteiger partial charge in [0.2, 0.25) is 0 Å². The van der Waals surface area contributed by atoms with Crippen molar-refractivity contribution < 1.29 is 12.3 Å². The van der Waals surface area contributed by atoms with Crippen LogP contribution in [0.25, 0.3) is 0 Å². The number of hydrogen-bond acceptors (Lipinski definition) is 2. The monoisotopic (exact) mass is 222 g/mol. The third-order valence-electron chi connectivity index (χ3n) is 1.44. The molecule has 0 aliphatic heterocycles. The van der Waals surface area contributed by atoms with Gasteiger partial charge in [-0.05, 0) is 30.2 Å². The van der Waals surface area contributed by atoms with Gasteiger partial charge in [-0.25, -0.2) is 0 Å². The van der Waals surface area contributed by atoms with E-state index in [1.165, 1.54) is 6.07 Å². The lowest BCUT2D eigenvalue weighted by molar-refractivity contribution is 0.551. The second-order valence-electron chi connectivity index (χ2n) is 2.82. The predicted octanol–water partition coefficient (Wildman–Crippen LogP) is 2.45. The Morgan fingerprint density at radius 2 is 2.00 bits per heavy atom. The summed E-state index contributed by atoms with van der Waals surface area (Å²) in [6.07, 6.45) is 0. The van der Waals surface area contributed by atoms with E-state index >= 15 is 0 Å². The molecule has 0 aliphatic carbocycles. The van der Waals surface area contributed by atoms with Crippen LogP contribution in [0.15, 0.2) is 18.2 Å². The summed E-state index contributed by atoms with van der Waals surface area (Å²) in [7, 11) is -4.47. The van der Waals surface area contributed by atoms with Gasteiger partial charge in [0.05, 0.1) is 0 Å². The van der Waals surface area contributed by atoms with E-state index in [9.17, 15) is 12.3 Å². The molecule has 0 saturated carbocycles. The quantitative estimate of drug-likeness (QED) is 0.721. The first-order chi connectivity index (χ1) is 5.87. The summed E-state index contributed by atoms with van der Waals surface area (Å²) in [5.41, 5.74) is 1.18. The van der Waals surface area contributed by atoms with Crippen molar-refractivity contribution in [1.82, 2.24) is 0 Å². The first-order valence-corrected chi connectivity index (χ1v) is 5.48. The summed E-state index contributed by atoms with van der Waals surface area (Å²) >= 11 is 5.66. The van der Waals surface area contributed by atoms with Crippen LogP contribution in [0.3, 0.4) is 0 Å². The third kappa shape index (κ3) is 3.74. The molecule has 0 radical (unpaired) electrons. The lowest BCUT2D eigenvalue weighted by Crippen LogP contribution is -1.96. The van der Waals surface area contributed by atoms with Crippen LogP contribution >= 0.6 is 11.6 Å².